The molecule has 10 heteroatoms. The molecule has 0 saturated heterocycles. The van der Waals surface area contributed by atoms with Gasteiger partial charge in [-0.05, 0) is 50.2 Å². The molecule has 35 heavy (non-hydrogen) atoms. The summed E-state index contributed by atoms with van der Waals surface area (Å²) >= 11 is 1.04. The number of fused-ring (bicyclic) bond motifs is 2. The highest BCUT2D eigenvalue weighted by Gasteiger charge is 2.21. The van der Waals surface area contributed by atoms with Crippen LogP contribution in [0.2, 0.25) is 0 Å². The van der Waals surface area contributed by atoms with E-state index in [4.69, 9.17) is 0 Å². The predicted molar refractivity (Wildman–Crippen MR) is 134 cm³/mol. The van der Waals surface area contributed by atoms with Crippen LogP contribution in [0.3, 0.4) is 0 Å². The summed E-state index contributed by atoms with van der Waals surface area (Å²) in [5, 5.41) is 10.6. The first kappa shape index (κ1) is 21.4. The maximum atomic E-state index is 15.9. The highest BCUT2D eigenvalue weighted by Crippen LogP contribution is 2.36. The fourth-order valence-electron chi connectivity index (χ4n) is 4.15. The van der Waals surface area contributed by atoms with Gasteiger partial charge >= 0.3 is 0 Å². The summed E-state index contributed by atoms with van der Waals surface area (Å²) in [6.45, 7) is 4.05. The lowest BCUT2D eigenvalue weighted by atomic mass is 10.0. The van der Waals surface area contributed by atoms with Gasteiger partial charge < -0.3 is 10.3 Å². The molecule has 1 aromatic carbocycles. The van der Waals surface area contributed by atoms with Crippen molar-refractivity contribution in [3.05, 3.63) is 65.9 Å². The van der Waals surface area contributed by atoms with Gasteiger partial charge in [-0.3, -0.25) is 10.1 Å². The number of halogens is 2. The lowest BCUT2D eigenvalue weighted by molar-refractivity contribution is 0.643. The molecule has 3 N–H and O–H groups in total. The molecule has 0 unspecified atom stereocenters. The fraction of sp³-hybridized carbons (Fsp3) is 0.120. The van der Waals surface area contributed by atoms with Crippen LogP contribution in [0.1, 0.15) is 13.8 Å². The number of thiophene rings is 1. The van der Waals surface area contributed by atoms with Crippen LogP contribution < -0.4 is 5.32 Å². The van der Waals surface area contributed by atoms with E-state index in [1.807, 2.05) is 19.9 Å². The summed E-state index contributed by atoms with van der Waals surface area (Å²) in [7, 11) is 0. The molecule has 0 aliphatic carbocycles. The lowest BCUT2D eigenvalue weighted by Gasteiger charge is -2.11. The van der Waals surface area contributed by atoms with Crippen molar-refractivity contribution in [3.8, 4) is 33.1 Å². The van der Waals surface area contributed by atoms with Gasteiger partial charge in [0.25, 0.3) is 0 Å². The van der Waals surface area contributed by atoms with Crippen LogP contribution in [-0.4, -0.2) is 36.2 Å². The van der Waals surface area contributed by atoms with E-state index < -0.39 is 5.82 Å². The Morgan fingerprint density at radius 1 is 1.03 bits per heavy atom. The zero-order chi connectivity index (χ0) is 24.1. The van der Waals surface area contributed by atoms with Gasteiger partial charge in [0.15, 0.2) is 16.6 Å². The molecule has 0 fully saturated rings. The SMILES string of the molecule is CC(C)Nc1cncc(-c2ccc3[nH]nc(-c4nc5nccc(-c6ccc(F)s6)c5[nH]4)c3c2F)c1. The molecule has 7 nitrogen and oxygen atoms in total. The van der Waals surface area contributed by atoms with Gasteiger partial charge in [0.05, 0.1) is 22.1 Å². The number of nitrogens with one attached hydrogen (secondary N) is 3. The molecule has 0 saturated carbocycles. The first-order chi connectivity index (χ1) is 17.0. The normalized spacial score (nSPS) is 11.7. The second-order valence-corrected chi connectivity index (χ2v) is 9.46. The smallest absolute Gasteiger partial charge is 0.178 e. The van der Waals surface area contributed by atoms with E-state index >= 15 is 4.39 Å². The molecular weight excluding hydrogens is 468 g/mol. The molecule has 6 rings (SSSR count). The minimum absolute atomic E-state index is 0.220. The van der Waals surface area contributed by atoms with Crippen molar-refractivity contribution in [2.45, 2.75) is 19.9 Å². The summed E-state index contributed by atoms with van der Waals surface area (Å²) in [5.74, 6) is -0.0589. The van der Waals surface area contributed by atoms with E-state index in [1.54, 1.807) is 42.9 Å². The first-order valence-electron chi connectivity index (χ1n) is 11.0. The van der Waals surface area contributed by atoms with Gasteiger partial charge in [0.1, 0.15) is 11.5 Å². The minimum Gasteiger partial charge on any atom is -0.382 e. The fourth-order valence-corrected chi connectivity index (χ4v) is 4.92. The largest absolute Gasteiger partial charge is 0.382 e. The maximum Gasteiger partial charge on any atom is 0.178 e. The topological polar surface area (TPSA) is 95.2 Å². The molecular formula is C25H19F2N7S. The van der Waals surface area contributed by atoms with Crippen molar-refractivity contribution in [1.82, 2.24) is 30.1 Å². The Kier molecular flexibility index (Phi) is 5.03. The van der Waals surface area contributed by atoms with Gasteiger partial charge in [-0.2, -0.15) is 9.49 Å². The number of nitrogens with zero attached hydrogens (tertiary/aromatic N) is 4. The van der Waals surface area contributed by atoms with Crippen molar-refractivity contribution in [2.24, 2.45) is 0 Å². The van der Waals surface area contributed by atoms with Gasteiger partial charge in [-0.1, -0.05) is 0 Å². The summed E-state index contributed by atoms with van der Waals surface area (Å²) in [4.78, 5) is 17.1. The van der Waals surface area contributed by atoms with Gasteiger partial charge in [0, 0.05) is 46.2 Å². The van der Waals surface area contributed by atoms with Crippen molar-refractivity contribution < 1.29 is 8.78 Å². The Hall–Kier alpha value is -4.18. The van der Waals surface area contributed by atoms with Crippen molar-refractivity contribution in [3.63, 3.8) is 0 Å². The number of anilines is 1. The maximum absolute atomic E-state index is 15.9. The van der Waals surface area contributed by atoms with E-state index in [0.717, 1.165) is 27.5 Å². The van der Waals surface area contributed by atoms with Gasteiger partial charge in [-0.25, -0.2) is 14.4 Å². The molecule has 5 heterocycles. The van der Waals surface area contributed by atoms with Gasteiger partial charge in [-0.15, -0.1) is 11.3 Å². The average molecular weight is 488 g/mol. The lowest BCUT2D eigenvalue weighted by Crippen LogP contribution is -2.09. The molecule has 0 aliphatic heterocycles. The highest BCUT2D eigenvalue weighted by atomic mass is 32.1. The number of benzene rings is 1. The molecule has 0 aliphatic rings. The number of imidazole rings is 1. The molecule has 6 aromatic rings. The second-order valence-electron chi connectivity index (χ2n) is 8.43. The first-order valence-corrected chi connectivity index (χ1v) is 11.8. The van der Waals surface area contributed by atoms with Crippen LogP contribution >= 0.6 is 11.3 Å². The average Bonchev–Trinajstić information content (AvgIpc) is 3.56. The monoisotopic (exact) mass is 487 g/mol. The number of aromatic nitrogens is 6. The Bertz CT molecular complexity index is 1700. The molecule has 174 valence electrons. The number of hydrogen-bond donors (Lipinski definition) is 3. The molecule has 0 amide bonds. The zero-order valence-corrected chi connectivity index (χ0v) is 19.5. The van der Waals surface area contributed by atoms with Gasteiger partial charge in [0.2, 0.25) is 0 Å². The standard InChI is InChI=1S/C25H19F2N7S/c1-12(2)30-14-9-13(10-28-11-14)15-3-4-17-20(21(15)27)23(34-33-17)25-31-22-16(7-8-29-24(22)32-25)18-5-6-19(26)35-18/h3-12,30H,1-2H3,(H,33,34)(H,29,31,32). The molecule has 0 spiro atoms. The zero-order valence-electron chi connectivity index (χ0n) is 18.7. The molecule has 0 bridgehead atoms. The van der Waals surface area contributed by atoms with Crippen LogP contribution in [0.25, 0.3) is 55.2 Å². The third kappa shape index (κ3) is 3.71. The van der Waals surface area contributed by atoms with Crippen LogP contribution in [0.4, 0.5) is 14.5 Å². The number of rotatable bonds is 5. The van der Waals surface area contributed by atoms with Crippen LogP contribution in [0, 0.1) is 10.9 Å². The third-order valence-electron chi connectivity index (χ3n) is 5.63. The number of hydrogen-bond acceptors (Lipinski definition) is 6. The quantitative estimate of drug-likeness (QED) is 0.262. The summed E-state index contributed by atoms with van der Waals surface area (Å²) in [6, 6.07) is 10.5. The van der Waals surface area contributed by atoms with Crippen LogP contribution in [0.15, 0.2) is 55.0 Å². The van der Waals surface area contributed by atoms with Crippen molar-refractivity contribution in [1.29, 1.82) is 0 Å². The number of aromatic amines is 2. The Morgan fingerprint density at radius 2 is 1.91 bits per heavy atom. The van der Waals surface area contributed by atoms with Crippen LogP contribution in [0.5, 0.6) is 0 Å². The van der Waals surface area contributed by atoms with E-state index in [1.165, 1.54) is 6.07 Å². The molecule has 0 atom stereocenters. The summed E-state index contributed by atoms with van der Waals surface area (Å²) in [5.41, 5.74) is 4.59. The molecule has 5 aromatic heterocycles. The number of H-pyrrole nitrogens is 2. The van der Waals surface area contributed by atoms with E-state index in [9.17, 15) is 4.39 Å². The Morgan fingerprint density at radius 3 is 2.71 bits per heavy atom. The second kappa shape index (κ2) is 8.24. The third-order valence-corrected chi connectivity index (χ3v) is 6.53. The highest BCUT2D eigenvalue weighted by molar-refractivity contribution is 7.14. The number of pyridine rings is 2. The molecule has 0 radical (unpaired) electrons. The summed E-state index contributed by atoms with van der Waals surface area (Å²) in [6.07, 6.45) is 4.96. The minimum atomic E-state index is -0.427. The van der Waals surface area contributed by atoms with Crippen LogP contribution in [-0.2, 0) is 0 Å². The van der Waals surface area contributed by atoms with Crippen molar-refractivity contribution in [2.75, 3.05) is 5.32 Å². The summed E-state index contributed by atoms with van der Waals surface area (Å²) < 4.78 is 29.6. The Labute approximate surface area is 202 Å². The predicted octanol–water partition coefficient (Wildman–Crippen LogP) is 6.39. The van der Waals surface area contributed by atoms with Crippen molar-refractivity contribution >= 4 is 39.1 Å². The van der Waals surface area contributed by atoms with E-state index in [0.29, 0.717) is 44.7 Å². The van der Waals surface area contributed by atoms with E-state index in [2.05, 4.69) is 35.5 Å². The van der Waals surface area contributed by atoms with E-state index in [-0.39, 0.29) is 11.2 Å². The Balaban J connectivity index is 1.49.